The van der Waals surface area contributed by atoms with Crippen molar-refractivity contribution < 1.29 is 17.2 Å². The molecule has 18 heavy (non-hydrogen) atoms. The van der Waals surface area contributed by atoms with Crippen molar-refractivity contribution >= 4 is 15.7 Å². The van der Waals surface area contributed by atoms with E-state index >= 15 is 0 Å². The Balaban J connectivity index is 1.91. The average Bonchev–Trinajstić information content (AvgIpc) is 3.07. The molecule has 1 aromatic rings. The molecule has 0 radical (unpaired) electrons. The van der Waals surface area contributed by atoms with Crippen LogP contribution in [0.3, 0.4) is 0 Å². The molecular weight excluding hydrogens is 262 g/mol. The highest BCUT2D eigenvalue weighted by atomic mass is 32.2. The van der Waals surface area contributed by atoms with Crippen molar-refractivity contribution in [2.45, 2.75) is 18.9 Å². The lowest BCUT2D eigenvalue weighted by Crippen LogP contribution is -2.28. The Kier molecular flexibility index (Phi) is 3.82. The molecule has 0 heterocycles. The smallest absolute Gasteiger partial charge is 0.233 e. The summed E-state index contributed by atoms with van der Waals surface area (Å²) < 4.78 is 51.0. The summed E-state index contributed by atoms with van der Waals surface area (Å²) in [6.07, 6.45) is 2.16. The summed E-state index contributed by atoms with van der Waals surface area (Å²) in [5, 5.41) is 3.07. The standard InChI is InChI=1S/C11H14F2N2O2S/c12-10-4-3-9(7-11(10)13)15-18(16,17)6-5-14-8-1-2-8/h3-4,7-8,14-15H,1-2,5-6H2. The minimum absolute atomic E-state index is 0.0281. The maximum absolute atomic E-state index is 12.9. The number of sulfonamides is 1. The van der Waals surface area contributed by atoms with Crippen LogP contribution < -0.4 is 10.0 Å². The van der Waals surface area contributed by atoms with Crippen molar-refractivity contribution in [2.24, 2.45) is 0 Å². The largest absolute Gasteiger partial charge is 0.313 e. The van der Waals surface area contributed by atoms with Gasteiger partial charge in [0.1, 0.15) is 0 Å². The zero-order valence-electron chi connectivity index (χ0n) is 9.62. The molecule has 100 valence electrons. The first-order chi connectivity index (χ1) is 8.46. The maximum Gasteiger partial charge on any atom is 0.233 e. The van der Waals surface area contributed by atoms with Crippen molar-refractivity contribution in [2.75, 3.05) is 17.0 Å². The first-order valence-corrected chi connectivity index (χ1v) is 7.30. The minimum atomic E-state index is -3.53. The number of rotatable bonds is 6. The summed E-state index contributed by atoms with van der Waals surface area (Å²) in [7, 11) is -3.53. The van der Waals surface area contributed by atoms with Gasteiger partial charge in [0.15, 0.2) is 11.6 Å². The molecule has 0 amide bonds. The summed E-state index contributed by atoms with van der Waals surface area (Å²) >= 11 is 0. The highest BCUT2D eigenvalue weighted by Crippen LogP contribution is 2.18. The summed E-state index contributed by atoms with van der Waals surface area (Å²) in [5.41, 5.74) is 0.0281. The fraction of sp³-hybridized carbons (Fsp3) is 0.455. The van der Waals surface area contributed by atoms with E-state index in [1.54, 1.807) is 0 Å². The van der Waals surface area contributed by atoms with Crippen molar-refractivity contribution in [1.29, 1.82) is 0 Å². The molecule has 1 saturated carbocycles. The lowest BCUT2D eigenvalue weighted by atomic mass is 10.3. The molecule has 7 heteroatoms. The normalized spacial score (nSPS) is 15.7. The average molecular weight is 276 g/mol. The summed E-state index contributed by atoms with van der Waals surface area (Å²) in [4.78, 5) is 0. The van der Waals surface area contributed by atoms with Gasteiger partial charge in [0.2, 0.25) is 10.0 Å². The highest BCUT2D eigenvalue weighted by Gasteiger charge is 2.21. The molecule has 1 fully saturated rings. The topological polar surface area (TPSA) is 58.2 Å². The number of hydrogen-bond acceptors (Lipinski definition) is 3. The molecule has 2 N–H and O–H groups in total. The van der Waals surface area contributed by atoms with Crippen LogP contribution in [-0.4, -0.2) is 26.8 Å². The van der Waals surface area contributed by atoms with Crippen LogP contribution in [0.5, 0.6) is 0 Å². The Morgan fingerprint density at radius 3 is 2.56 bits per heavy atom. The third-order valence-electron chi connectivity index (χ3n) is 2.57. The Morgan fingerprint density at radius 1 is 1.22 bits per heavy atom. The van der Waals surface area contributed by atoms with Crippen LogP contribution in [0.1, 0.15) is 12.8 Å². The van der Waals surface area contributed by atoms with Gasteiger partial charge in [-0.1, -0.05) is 0 Å². The molecular formula is C11H14F2N2O2S. The highest BCUT2D eigenvalue weighted by molar-refractivity contribution is 7.92. The van der Waals surface area contributed by atoms with E-state index in [2.05, 4.69) is 10.0 Å². The van der Waals surface area contributed by atoms with E-state index in [0.717, 1.165) is 25.0 Å². The van der Waals surface area contributed by atoms with E-state index in [4.69, 9.17) is 0 Å². The number of nitrogens with one attached hydrogen (secondary N) is 2. The molecule has 1 aliphatic rings. The molecule has 4 nitrogen and oxygen atoms in total. The van der Waals surface area contributed by atoms with E-state index in [9.17, 15) is 17.2 Å². The van der Waals surface area contributed by atoms with Crippen LogP contribution in [0.2, 0.25) is 0 Å². The van der Waals surface area contributed by atoms with Crippen molar-refractivity contribution in [1.82, 2.24) is 5.32 Å². The van der Waals surface area contributed by atoms with Gasteiger partial charge in [-0.15, -0.1) is 0 Å². The second-order valence-corrected chi connectivity index (χ2v) is 6.12. The van der Waals surface area contributed by atoms with E-state index in [1.165, 1.54) is 6.07 Å². The second kappa shape index (κ2) is 5.19. The Labute approximate surface area is 104 Å². The van der Waals surface area contributed by atoms with Gasteiger partial charge < -0.3 is 5.32 Å². The number of anilines is 1. The minimum Gasteiger partial charge on any atom is -0.313 e. The maximum atomic E-state index is 12.9. The Morgan fingerprint density at radius 2 is 1.94 bits per heavy atom. The quantitative estimate of drug-likeness (QED) is 0.827. The predicted octanol–water partition coefficient (Wildman–Crippen LogP) is 1.46. The fourth-order valence-electron chi connectivity index (χ4n) is 1.48. The van der Waals surface area contributed by atoms with E-state index in [-0.39, 0.29) is 11.4 Å². The van der Waals surface area contributed by atoms with Crippen LogP contribution >= 0.6 is 0 Å². The molecule has 0 aliphatic heterocycles. The van der Waals surface area contributed by atoms with Crippen LogP contribution in [-0.2, 0) is 10.0 Å². The van der Waals surface area contributed by atoms with Gasteiger partial charge in [-0.2, -0.15) is 0 Å². The van der Waals surface area contributed by atoms with Crippen LogP contribution in [0.4, 0.5) is 14.5 Å². The van der Waals surface area contributed by atoms with Gasteiger partial charge in [-0.3, -0.25) is 4.72 Å². The van der Waals surface area contributed by atoms with Gasteiger partial charge in [-0.25, -0.2) is 17.2 Å². The summed E-state index contributed by atoms with van der Waals surface area (Å²) in [6, 6.07) is 3.32. The lowest BCUT2D eigenvalue weighted by molar-refractivity contribution is 0.509. The molecule has 0 saturated heterocycles. The summed E-state index contributed by atoms with van der Waals surface area (Å²) in [6.45, 7) is 0.351. The zero-order valence-corrected chi connectivity index (χ0v) is 10.4. The molecule has 2 rings (SSSR count). The second-order valence-electron chi connectivity index (χ2n) is 4.28. The fourth-order valence-corrected chi connectivity index (χ4v) is 2.45. The summed E-state index contributed by atoms with van der Waals surface area (Å²) in [5.74, 6) is -2.18. The van der Waals surface area contributed by atoms with Gasteiger partial charge in [0.05, 0.1) is 11.4 Å². The van der Waals surface area contributed by atoms with E-state index < -0.39 is 21.7 Å². The molecule has 1 aliphatic carbocycles. The number of benzene rings is 1. The molecule has 1 aromatic carbocycles. The first kappa shape index (κ1) is 13.2. The molecule has 0 unspecified atom stereocenters. The number of halogens is 2. The van der Waals surface area contributed by atoms with Gasteiger partial charge in [0.25, 0.3) is 0 Å². The molecule has 0 aromatic heterocycles. The third kappa shape index (κ3) is 3.92. The van der Waals surface area contributed by atoms with Crippen LogP contribution in [0.25, 0.3) is 0 Å². The van der Waals surface area contributed by atoms with Crippen molar-refractivity contribution in [3.63, 3.8) is 0 Å². The Hall–Kier alpha value is -1.21. The molecule has 0 atom stereocenters. The monoisotopic (exact) mass is 276 g/mol. The zero-order chi connectivity index (χ0) is 13.2. The Bertz CT molecular complexity index is 530. The van der Waals surface area contributed by atoms with Gasteiger partial charge >= 0.3 is 0 Å². The van der Waals surface area contributed by atoms with Crippen molar-refractivity contribution in [3.8, 4) is 0 Å². The van der Waals surface area contributed by atoms with Crippen molar-refractivity contribution in [3.05, 3.63) is 29.8 Å². The van der Waals surface area contributed by atoms with E-state index in [1.807, 2.05) is 0 Å². The SMILES string of the molecule is O=S(=O)(CCNC1CC1)Nc1ccc(F)c(F)c1. The van der Waals surface area contributed by atoms with Gasteiger partial charge in [0, 0.05) is 18.7 Å². The van der Waals surface area contributed by atoms with Crippen LogP contribution in [0.15, 0.2) is 18.2 Å². The third-order valence-corrected chi connectivity index (χ3v) is 3.86. The first-order valence-electron chi connectivity index (χ1n) is 5.65. The lowest BCUT2D eigenvalue weighted by Gasteiger charge is -2.08. The molecule has 0 spiro atoms. The number of hydrogen-bond donors (Lipinski definition) is 2. The van der Waals surface area contributed by atoms with E-state index in [0.29, 0.717) is 12.6 Å². The molecule has 0 bridgehead atoms. The van der Waals surface area contributed by atoms with Gasteiger partial charge in [-0.05, 0) is 25.0 Å². The predicted molar refractivity (Wildman–Crippen MR) is 64.8 cm³/mol. The van der Waals surface area contributed by atoms with Crippen LogP contribution in [0, 0.1) is 11.6 Å².